The van der Waals surface area contributed by atoms with E-state index in [4.69, 9.17) is 6.58 Å². The molecular weight excluding hydrogens is 601 g/mol. The Labute approximate surface area is 305 Å². The minimum Gasteiger partial charge on any atom is -0.0955 e. The van der Waals surface area contributed by atoms with E-state index in [2.05, 4.69) is 96.3 Å². The highest BCUT2D eigenvalue weighted by Crippen LogP contribution is 2.47. The van der Waals surface area contributed by atoms with E-state index in [-0.39, 0.29) is 0 Å². The van der Waals surface area contributed by atoms with Crippen molar-refractivity contribution in [3.8, 4) is 0 Å². The molecule has 0 N–H and O–H groups in total. The van der Waals surface area contributed by atoms with Crippen LogP contribution in [0.2, 0.25) is 0 Å². The van der Waals surface area contributed by atoms with Gasteiger partial charge in [0.2, 0.25) is 0 Å². The summed E-state index contributed by atoms with van der Waals surface area (Å²) in [6.07, 6.45) is 23.5. The van der Waals surface area contributed by atoms with Crippen LogP contribution in [0.5, 0.6) is 0 Å². The molecule has 0 heteroatoms. The van der Waals surface area contributed by atoms with E-state index in [1.165, 1.54) is 174 Å². The molecule has 50 heavy (non-hydrogen) atoms. The molecule has 0 aromatic heterocycles. The van der Waals surface area contributed by atoms with Crippen LogP contribution in [0.3, 0.4) is 0 Å². The van der Waals surface area contributed by atoms with Crippen LogP contribution in [-0.2, 0) is 6.42 Å². The maximum atomic E-state index is 4.77. The standard InChI is InChI=1S/C50H66/c1-9-12-14-16-17-18-19-21-24-39-27-28-43-46-34-31-42(37(8)25-26-38(22-11-3)23-20-15-13-10-2)48-41(36(6)7)30-33-45(50(46)48)44-32-29-40(35(4)5)47(39)49(43)44/h27-34,38H,4,6,8-26H2,1-3,5,7H3. The van der Waals surface area contributed by atoms with Gasteiger partial charge >= 0.3 is 0 Å². The summed E-state index contributed by atoms with van der Waals surface area (Å²) in [6.45, 7) is 25.0. The van der Waals surface area contributed by atoms with Gasteiger partial charge in [-0.2, -0.15) is 0 Å². The molecule has 266 valence electrons. The van der Waals surface area contributed by atoms with E-state index in [0.717, 1.165) is 29.9 Å². The van der Waals surface area contributed by atoms with Gasteiger partial charge in [0.1, 0.15) is 0 Å². The number of hydrogen-bond acceptors (Lipinski definition) is 0. The van der Waals surface area contributed by atoms with Crippen LogP contribution >= 0.6 is 0 Å². The van der Waals surface area contributed by atoms with E-state index in [9.17, 15) is 0 Å². The normalized spacial score (nSPS) is 12.5. The molecule has 0 radical (unpaired) electrons. The van der Waals surface area contributed by atoms with Crippen LogP contribution in [0.25, 0.3) is 59.8 Å². The molecule has 0 heterocycles. The topological polar surface area (TPSA) is 0 Å². The summed E-state index contributed by atoms with van der Waals surface area (Å²) < 4.78 is 0. The van der Waals surface area contributed by atoms with Crippen LogP contribution in [0, 0.1) is 5.92 Å². The van der Waals surface area contributed by atoms with Gasteiger partial charge in [0, 0.05) is 0 Å². The lowest BCUT2D eigenvalue weighted by atomic mass is 9.81. The zero-order valence-electron chi connectivity index (χ0n) is 32.5. The van der Waals surface area contributed by atoms with E-state index < -0.39 is 0 Å². The van der Waals surface area contributed by atoms with Crippen molar-refractivity contribution in [3.63, 3.8) is 0 Å². The lowest BCUT2D eigenvalue weighted by molar-refractivity contribution is 0.400. The molecule has 0 spiro atoms. The minimum atomic E-state index is 0.793. The quantitative estimate of drug-likeness (QED) is 0.0392. The second-order valence-corrected chi connectivity index (χ2v) is 15.7. The third-order valence-corrected chi connectivity index (χ3v) is 11.6. The number of unbranched alkanes of at least 4 members (excludes halogenated alkanes) is 10. The molecule has 0 bridgehead atoms. The maximum Gasteiger partial charge on any atom is -0.00141 e. The molecule has 1 unspecified atom stereocenters. The van der Waals surface area contributed by atoms with Gasteiger partial charge in [-0.25, -0.2) is 0 Å². The van der Waals surface area contributed by atoms with Crippen LogP contribution in [0.1, 0.15) is 166 Å². The van der Waals surface area contributed by atoms with Gasteiger partial charge in [-0.05, 0) is 116 Å². The fourth-order valence-corrected chi connectivity index (χ4v) is 8.84. The molecule has 0 saturated carbocycles. The summed E-state index contributed by atoms with van der Waals surface area (Å²) in [7, 11) is 0. The van der Waals surface area contributed by atoms with Gasteiger partial charge < -0.3 is 0 Å². The second kappa shape index (κ2) is 18.2. The molecule has 0 nitrogen and oxygen atoms in total. The van der Waals surface area contributed by atoms with E-state index in [1.807, 2.05) is 0 Å². The smallest absolute Gasteiger partial charge is 0.00141 e. The molecule has 0 amide bonds. The van der Waals surface area contributed by atoms with E-state index >= 15 is 0 Å². The Morgan fingerprint density at radius 1 is 0.460 bits per heavy atom. The largest absolute Gasteiger partial charge is 0.0955 e. The molecule has 5 aromatic carbocycles. The number of rotatable bonds is 22. The Balaban J connectivity index is 1.56. The first-order valence-electron chi connectivity index (χ1n) is 20.5. The first-order chi connectivity index (χ1) is 24.3. The monoisotopic (exact) mass is 667 g/mol. The summed E-state index contributed by atoms with van der Waals surface area (Å²) in [6, 6.07) is 19.1. The third-order valence-electron chi connectivity index (χ3n) is 11.6. The van der Waals surface area contributed by atoms with Crippen molar-refractivity contribution in [2.75, 3.05) is 0 Å². The van der Waals surface area contributed by atoms with Crippen LogP contribution in [-0.4, -0.2) is 0 Å². The molecule has 0 saturated heterocycles. The molecule has 0 fully saturated rings. The van der Waals surface area contributed by atoms with Gasteiger partial charge in [0.15, 0.2) is 0 Å². The van der Waals surface area contributed by atoms with Crippen molar-refractivity contribution >= 4 is 59.8 Å². The molecule has 5 rings (SSSR count). The zero-order chi connectivity index (χ0) is 35.6. The lowest BCUT2D eigenvalue weighted by Crippen LogP contribution is -2.02. The molecule has 0 aliphatic heterocycles. The highest BCUT2D eigenvalue weighted by Gasteiger charge is 2.21. The fourth-order valence-electron chi connectivity index (χ4n) is 8.84. The van der Waals surface area contributed by atoms with Gasteiger partial charge in [0.25, 0.3) is 0 Å². The van der Waals surface area contributed by atoms with Crippen molar-refractivity contribution in [3.05, 3.63) is 90.5 Å². The Kier molecular flexibility index (Phi) is 13.8. The van der Waals surface area contributed by atoms with Crippen molar-refractivity contribution in [1.29, 1.82) is 0 Å². The average Bonchev–Trinajstić information content (AvgIpc) is 3.11. The summed E-state index contributed by atoms with van der Waals surface area (Å²) in [5.41, 5.74) is 8.91. The Morgan fingerprint density at radius 3 is 1.50 bits per heavy atom. The summed E-state index contributed by atoms with van der Waals surface area (Å²) >= 11 is 0. The van der Waals surface area contributed by atoms with Gasteiger partial charge in [-0.3, -0.25) is 0 Å². The van der Waals surface area contributed by atoms with E-state index in [0.29, 0.717) is 0 Å². The first kappa shape index (κ1) is 37.9. The number of aryl methyl sites for hydroxylation is 1. The molecular formula is C50H66. The van der Waals surface area contributed by atoms with Crippen LogP contribution in [0.15, 0.2) is 68.3 Å². The molecule has 5 aromatic rings. The minimum absolute atomic E-state index is 0.793. The van der Waals surface area contributed by atoms with Gasteiger partial charge in [-0.1, -0.05) is 190 Å². The summed E-state index contributed by atoms with van der Waals surface area (Å²) in [5, 5.41) is 11.0. The summed E-state index contributed by atoms with van der Waals surface area (Å²) in [5.74, 6) is 0.793. The Morgan fingerprint density at radius 2 is 0.940 bits per heavy atom. The van der Waals surface area contributed by atoms with Crippen molar-refractivity contribution in [2.45, 2.75) is 150 Å². The lowest BCUT2D eigenvalue weighted by Gasteiger charge is -2.23. The number of hydrogen-bond donors (Lipinski definition) is 0. The summed E-state index contributed by atoms with van der Waals surface area (Å²) in [4.78, 5) is 0. The molecule has 0 aliphatic rings. The average molecular weight is 667 g/mol. The Bertz CT molecular complexity index is 1890. The Hall–Kier alpha value is -3.38. The molecule has 0 aliphatic carbocycles. The predicted octanol–water partition coefficient (Wildman–Crippen LogP) is 16.7. The number of benzene rings is 5. The van der Waals surface area contributed by atoms with Gasteiger partial charge in [-0.15, -0.1) is 0 Å². The zero-order valence-corrected chi connectivity index (χ0v) is 32.5. The SMILES string of the molecule is C=C(C)c1ccc2c3ccc(C(=C)C)c4c(C(=C)CCC(CCC)CCCCCC)ccc(c5ccc(CCCCCCCCCC)c1c25)c43. The third kappa shape index (κ3) is 8.39. The first-order valence-corrected chi connectivity index (χ1v) is 20.5. The number of allylic oxidation sites excluding steroid dienone is 3. The van der Waals surface area contributed by atoms with Crippen molar-refractivity contribution in [1.82, 2.24) is 0 Å². The highest BCUT2D eigenvalue weighted by molar-refractivity contribution is 6.35. The van der Waals surface area contributed by atoms with E-state index in [1.54, 1.807) is 0 Å². The predicted molar refractivity (Wildman–Crippen MR) is 229 cm³/mol. The molecule has 1 atom stereocenters. The fraction of sp³-hybridized carbons (Fsp3) is 0.480. The van der Waals surface area contributed by atoms with Crippen molar-refractivity contribution < 1.29 is 0 Å². The van der Waals surface area contributed by atoms with Crippen LogP contribution in [0.4, 0.5) is 0 Å². The number of fused-ring (bicyclic) bond motifs is 2. The highest BCUT2D eigenvalue weighted by atomic mass is 14.2. The van der Waals surface area contributed by atoms with Gasteiger partial charge in [0.05, 0.1) is 0 Å². The maximum absolute atomic E-state index is 4.77. The van der Waals surface area contributed by atoms with Crippen LogP contribution < -0.4 is 0 Å². The van der Waals surface area contributed by atoms with Crippen molar-refractivity contribution in [2.24, 2.45) is 5.92 Å². The second-order valence-electron chi connectivity index (χ2n) is 15.7.